The second-order valence-electron chi connectivity index (χ2n) is 6.34. The fourth-order valence-corrected chi connectivity index (χ4v) is 4.17. The monoisotopic (exact) mass is 425 g/mol. The van der Waals surface area contributed by atoms with Gasteiger partial charge in [-0.25, -0.2) is 9.67 Å². The highest BCUT2D eigenvalue weighted by Crippen LogP contribution is 2.30. The number of carbonyl (C=O) groups is 2. The quantitative estimate of drug-likeness (QED) is 0.498. The predicted molar refractivity (Wildman–Crippen MR) is 115 cm³/mol. The number of benzene rings is 2. The highest BCUT2D eigenvalue weighted by molar-refractivity contribution is 7.22. The van der Waals surface area contributed by atoms with Crippen molar-refractivity contribution in [3.63, 3.8) is 0 Å². The van der Waals surface area contributed by atoms with E-state index < -0.39 is 0 Å². The second kappa shape index (κ2) is 7.65. The molecule has 0 fully saturated rings. The lowest BCUT2D eigenvalue weighted by Crippen LogP contribution is -2.12. The molecule has 0 atom stereocenters. The predicted octanol–water partition coefficient (Wildman–Crippen LogP) is 4.65. The number of aryl methyl sites for hydroxylation is 1. The van der Waals surface area contributed by atoms with Crippen LogP contribution in [-0.2, 0) is 4.79 Å². The maximum Gasteiger partial charge on any atom is 0.262 e. The van der Waals surface area contributed by atoms with E-state index >= 15 is 0 Å². The number of amides is 2. The molecule has 2 aromatic carbocycles. The van der Waals surface area contributed by atoms with E-state index in [0.717, 1.165) is 15.9 Å². The molecule has 0 radical (unpaired) electrons. The van der Waals surface area contributed by atoms with E-state index in [-0.39, 0.29) is 17.0 Å². The minimum atomic E-state index is -0.379. The van der Waals surface area contributed by atoms with Gasteiger partial charge >= 0.3 is 0 Å². The maximum absolute atomic E-state index is 12.9. The van der Waals surface area contributed by atoms with E-state index in [0.29, 0.717) is 22.1 Å². The molecule has 0 bridgehead atoms. The van der Waals surface area contributed by atoms with E-state index in [1.54, 1.807) is 19.1 Å². The highest BCUT2D eigenvalue weighted by Gasteiger charge is 2.22. The van der Waals surface area contributed by atoms with Gasteiger partial charge in [0.1, 0.15) is 10.7 Å². The molecule has 0 aliphatic rings. The van der Waals surface area contributed by atoms with Gasteiger partial charge in [-0.3, -0.25) is 14.9 Å². The summed E-state index contributed by atoms with van der Waals surface area (Å²) in [6.45, 7) is 3.18. The van der Waals surface area contributed by atoms with Gasteiger partial charge in [0.2, 0.25) is 5.91 Å². The van der Waals surface area contributed by atoms with Crippen LogP contribution < -0.4 is 10.6 Å². The fourth-order valence-electron chi connectivity index (χ4n) is 2.92. The van der Waals surface area contributed by atoms with E-state index in [2.05, 4.69) is 20.7 Å². The molecule has 0 aliphatic heterocycles. The summed E-state index contributed by atoms with van der Waals surface area (Å²) in [6.07, 6.45) is 0. The summed E-state index contributed by atoms with van der Waals surface area (Å²) in [4.78, 5) is 28.5. The molecule has 9 heteroatoms. The molecule has 2 amide bonds. The molecular weight excluding hydrogens is 410 g/mol. The van der Waals surface area contributed by atoms with Crippen LogP contribution in [0.2, 0.25) is 5.15 Å². The first kappa shape index (κ1) is 19.1. The third-order valence-corrected chi connectivity index (χ3v) is 5.44. The molecule has 29 heavy (non-hydrogen) atoms. The van der Waals surface area contributed by atoms with Gasteiger partial charge in [-0.1, -0.05) is 41.1 Å². The summed E-state index contributed by atoms with van der Waals surface area (Å²) in [5, 5.41) is 10.6. The number of anilines is 2. The molecular formula is C20H16ClN5O2S. The van der Waals surface area contributed by atoms with Crippen molar-refractivity contribution in [1.82, 2.24) is 14.8 Å². The summed E-state index contributed by atoms with van der Waals surface area (Å²) in [5.74, 6) is -0.529. The van der Waals surface area contributed by atoms with Crippen molar-refractivity contribution in [3.05, 3.63) is 64.9 Å². The van der Waals surface area contributed by atoms with Gasteiger partial charge in [-0.2, -0.15) is 5.10 Å². The Morgan fingerprint density at radius 1 is 1.10 bits per heavy atom. The molecule has 2 N–H and O–H groups in total. The molecule has 7 nitrogen and oxygen atoms in total. The van der Waals surface area contributed by atoms with Crippen molar-refractivity contribution >= 4 is 55.8 Å². The van der Waals surface area contributed by atoms with Crippen LogP contribution in [0, 0.1) is 6.92 Å². The SMILES string of the molecule is CC(=O)Nc1ccc2nc(NC(=O)c3c(C)nn(-c4ccccc4)c3Cl)sc2c1. The number of hydrogen-bond acceptors (Lipinski definition) is 5. The first-order valence-corrected chi connectivity index (χ1v) is 9.92. The van der Waals surface area contributed by atoms with Crippen LogP contribution in [-0.4, -0.2) is 26.6 Å². The molecule has 4 aromatic rings. The van der Waals surface area contributed by atoms with Gasteiger partial charge in [0.25, 0.3) is 5.91 Å². The lowest BCUT2D eigenvalue weighted by Gasteiger charge is -2.03. The number of para-hydroxylation sites is 1. The fraction of sp³-hybridized carbons (Fsp3) is 0.100. The summed E-state index contributed by atoms with van der Waals surface area (Å²) < 4.78 is 2.37. The third-order valence-electron chi connectivity index (χ3n) is 4.16. The van der Waals surface area contributed by atoms with Crippen LogP contribution in [0.15, 0.2) is 48.5 Å². The average molecular weight is 426 g/mol. The highest BCUT2D eigenvalue weighted by atomic mass is 35.5. The largest absolute Gasteiger partial charge is 0.326 e. The van der Waals surface area contributed by atoms with Crippen LogP contribution in [0.5, 0.6) is 0 Å². The minimum Gasteiger partial charge on any atom is -0.326 e. The zero-order valence-corrected chi connectivity index (χ0v) is 17.1. The number of thiazole rings is 1. The van der Waals surface area contributed by atoms with Gasteiger partial charge in [0.05, 0.1) is 21.6 Å². The van der Waals surface area contributed by atoms with E-state index in [9.17, 15) is 9.59 Å². The summed E-state index contributed by atoms with van der Waals surface area (Å²) in [6, 6.07) is 14.7. The van der Waals surface area contributed by atoms with Gasteiger partial charge in [-0.05, 0) is 37.3 Å². The Hall–Kier alpha value is -3.23. The summed E-state index contributed by atoms with van der Waals surface area (Å²) in [7, 11) is 0. The lowest BCUT2D eigenvalue weighted by atomic mass is 10.2. The van der Waals surface area contributed by atoms with Crippen molar-refractivity contribution in [2.24, 2.45) is 0 Å². The zero-order valence-electron chi connectivity index (χ0n) is 15.6. The lowest BCUT2D eigenvalue weighted by molar-refractivity contribution is -0.114. The van der Waals surface area contributed by atoms with Crippen LogP contribution in [0.1, 0.15) is 23.0 Å². The number of rotatable bonds is 4. The number of carbonyl (C=O) groups excluding carboxylic acids is 2. The normalized spacial score (nSPS) is 10.9. The van der Waals surface area contributed by atoms with Crippen LogP contribution in [0.4, 0.5) is 10.8 Å². The molecule has 0 unspecified atom stereocenters. The smallest absolute Gasteiger partial charge is 0.262 e. The molecule has 0 saturated carbocycles. The Bertz CT molecular complexity index is 1230. The van der Waals surface area contributed by atoms with Gasteiger partial charge in [0.15, 0.2) is 5.13 Å². The molecule has 0 spiro atoms. The van der Waals surface area contributed by atoms with Gasteiger partial charge < -0.3 is 5.32 Å². The molecule has 4 rings (SSSR count). The number of nitrogens with zero attached hydrogens (tertiary/aromatic N) is 3. The Morgan fingerprint density at radius 2 is 1.86 bits per heavy atom. The van der Waals surface area contributed by atoms with Crippen molar-refractivity contribution in [3.8, 4) is 5.69 Å². The van der Waals surface area contributed by atoms with Gasteiger partial charge in [0, 0.05) is 12.6 Å². The van der Waals surface area contributed by atoms with Crippen molar-refractivity contribution < 1.29 is 9.59 Å². The molecule has 0 aliphatic carbocycles. The Labute approximate surface area is 175 Å². The first-order chi connectivity index (χ1) is 13.9. The Kier molecular flexibility index (Phi) is 5.04. The zero-order chi connectivity index (χ0) is 20.5. The van der Waals surface area contributed by atoms with E-state index in [1.165, 1.54) is 22.9 Å². The van der Waals surface area contributed by atoms with E-state index in [4.69, 9.17) is 11.6 Å². The molecule has 2 heterocycles. The summed E-state index contributed by atoms with van der Waals surface area (Å²) in [5.41, 5.74) is 2.99. The second-order valence-corrected chi connectivity index (χ2v) is 7.72. The Balaban J connectivity index is 1.61. The topological polar surface area (TPSA) is 88.9 Å². The average Bonchev–Trinajstić information content (AvgIpc) is 3.21. The number of fused-ring (bicyclic) bond motifs is 1. The maximum atomic E-state index is 12.9. The first-order valence-electron chi connectivity index (χ1n) is 8.72. The van der Waals surface area contributed by atoms with Crippen molar-refractivity contribution in [2.75, 3.05) is 10.6 Å². The molecule has 146 valence electrons. The van der Waals surface area contributed by atoms with Crippen molar-refractivity contribution in [2.45, 2.75) is 13.8 Å². The number of hydrogen-bond donors (Lipinski definition) is 2. The number of nitrogens with one attached hydrogen (secondary N) is 2. The standard InChI is InChI=1S/C20H16ClN5O2S/c1-11-17(18(21)26(25-11)14-6-4-3-5-7-14)19(28)24-20-23-15-9-8-13(22-12(2)27)10-16(15)29-20/h3-10H,1-2H3,(H,22,27)(H,23,24,28). The summed E-state index contributed by atoms with van der Waals surface area (Å²) >= 11 is 7.77. The van der Waals surface area contributed by atoms with Crippen LogP contribution in [0.25, 0.3) is 15.9 Å². The number of halogens is 1. The third kappa shape index (κ3) is 3.85. The minimum absolute atomic E-state index is 0.150. The molecule has 2 aromatic heterocycles. The van der Waals surface area contributed by atoms with Gasteiger partial charge in [-0.15, -0.1) is 0 Å². The van der Waals surface area contributed by atoms with E-state index in [1.807, 2.05) is 36.4 Å². The Morgan fingerprint density at radius 3 is 2.59 bits per heavy atom. The van der Waals surface area contributed by atoms with Crippen LogP contribution in [0.3, 0.4) is 0 Å². The number of aromatic nitrogens is 3. The van der Waals surface area contributed by atoms with Crippen molar-refractivity contribution in [1.29, 1.82) is 0 Å². The molecule has 0 saturated heterocycles. The van der Waals surface area contributed by atoms with Crippen LogP contribution >= 0.6 is 22.9 Å².